The summed E-state index contributed by atoms with van der Waals surface area (Å²) in [7, 11) is 0. The molecule has 0 unspecified atom stereocenters. The fourth-order valence-corrected chi connectivity index (χ4v) is 6.25. The topological polar surface area (TPSA) is 40.5 Å². The van der Waals surface area contributed by atoms with Crippen LogP contribution in [0.15, 0.2) is 47.6 Å². The highest BCUT2D eigenvalue weighted by molar-refractivity contribution is 5.36. The summed E-state index contributed by atoms with van der Waals surface area (Å²) in [5.74, 6) is 2.08. The van der Waals surface area contributed by atoms with Crippen LogP contribution in [0.3, 0.4) is 0 Å². The summed E-state index contributed by atoms with van der Waals surface area (Å²) in [6.07, 6.45) is 18.0. The molecule has 0 saturated heterocycles. The van der Waals surface area contributed by atoms with Crippen molar-refractivity contribution in [2.75, 3.05) is 0 Å². The van der Waals surface area contributed by atoms with E-state index in [1.807, 2.05) is 13.8 Å². The van der Waals surface area contributed by atoms with Crippen molar-refractivity contribution >= 4 is 0 Å². The highest BCUT2D eigenvalue weighted by atomic mass is 16.3. The van der Waals surface area contributed by atoms with Gasteiger partial charge in [-0.3, -0.25) is 0 Å². The van der Waals surface area contributed by atoms with Gasteiger partial charge in [-0.05, 0) is 94.0 Å². The van der Waals surface area contributed by atoms with E-state index in [4.69, 9.17) is 0 Å². The van der Waals surface area contributed by atoms with Gasteiger partial charge in [0.25, 0.3) is 0 Å². The van der Waals surface area contributed by atoms with Crippen LogP contribution in [0.4, 0.5) is 0 Å². The lowest BCUT2D eigenvalue weighted by Gasteiger charge is -2.44. The molecule has 6 atom stereocenters. The molecular formula is C28H44O2. The summed E-state index contributed by atoms with van der Waals surface area (Å²) in [5, 5.41) is 20.3. The van der Waals surface area contributed by atoms with Gasteiger partial charge < -0.3 is 10.2 Å². The molecule has 0 spiro atoms. The molecule has 2 nitrogen and oxygen atoms in total. The highest BCUT2D eigenvalue weighted by Crippen LogP contribution is 2.59. The Labute approximate surface area is 184 Å². The Morgan fingerprint density at radius 2 is 1.83 bits per heavy atom. The summed E-state index contributed by atoms with van der Waals surface area (Å²) < 4.78 is 0. The molecule has 3 aliphatic carbocycles. The van der Waals surface area contributed by atoms with Gasteiger partial charge in [0.15, 0.2) is 0 Å². The average molecular weight is 413 g/mol. The number of rotatable bonds is 5. The summed E-state index contributed by atoms with van der Waals surface area (Å²) in [6, 6.07) is 0. The standard InChI is InChI=1S/C28H44O2/c1-19-10-14-24(29)18-23(19)13-12-22-8-7-17-28(6)25(15-16-26(22)28)20(2)9-11-21(3)27(4,5)30/h9,11-13,20-21,24-26,29-30H,1,7-8,10,14-18H2,2-6H3/t20-,21+,24+,25-,26+,28-/m1/s1. The molecule has 3 aliphatic rings. The minimum Gasteiger partial charge on any atom is -0.393 e. The minimum atomic E-state index is -0.663. The first kappa shape index (κ1) is 23.5. The van der Waals surface area contributed by atoms with Gasteiger partial charge in [-0.25, -0.2) is 0 Å². The van der Waals surface area contributed by atoms with Crippen LogP contribution < -0.4 is 0 Å². The van der Waals surface area contributed by atoms with Crippen molar-refractivity contribution in [2.24, 2.45) is 29.1 Å². The monoisotopic (exact) mass is 412 g/mol. The SMILES string of the molecule is C=C1CC[C@H](O)CC1=CC=C1CCC[C@]2(C)[C@@H]([C@H](C)C=C[C@H](C)C(C)(C)O)CC[C@@H]12. The van der Waals surface area contributed by atoms with E-state index in [9.17, 15) is 10.2 Å². The predicted molar refractivity (Wildman–Crippen MR) is 127 cm³/mol. The van der Waals surface area contributed by atoms with Gasteiger partial charge in [-0.1, -0.05) is 62.8 Å². The Kier molecular flexibility index (Phi) is 7.19. The smallest absolute Gasteiger partial charge is 0.0651 e. The third-order valence-electron chi connectivity index (χ3n) is 8.68. The Balaban J connectivity index is 1.75. The first-order valence-electron chi connectivity index (χ1n) is 12.2. The quantitative estimate of drug-likeness (QED) is 0.490. The van der Waals surface area contributed by atoms with E-state index in [2.05, 4.69) is 51.7 Å². The molecule has 0 heterocycles. The first-order chi connectivity index (χ1) is 14.0. The van der Waals surface area contributed by atoms with Crippen LogP contribution >= 0.6 is 0 Å². The van der Waals surface area contributed by atoms with Gasteiger partial charge in [0.2, 0.25) is 0 Å². The number of hydrogen-bond donors (Lipinski definition) is 2. The second-order valence-electron chi connectivity index (χ2n) is 11.2. The lowest BCUT2D eigenvalue weighted by Crippen LogP contribution is -2.35. The van der Waals surface area contributed by atoms with E-state index in [0.29, 0.717) is 23.2 Å². The van der Waals surface area contributed by atoms with E-state index >= 15 is 0 Å². The maximum atomic E-state index is 10.3. The molecule has 3 fully saturated rings. The summed E-state index contributed by atoms with van der Waals surface area (Å²) in [6.45, 7) is 15.0. The molecule has 0 aromatic rings. The Bertz CT molecular complexity index is 719. The lowest BCUT2D eigenvalue weighted by molar-refractivity contribution is 0.0436. The molecule has 3 saturated carbocycles. The Morgan fingerprint density at radius 3 is 2.53 bits per heavy atom. The fraction of sp³-hybridized carbons (Fsp3) is 0.714. The molecular weight excluding hydrogens is 368 g/mol. The second-order valence-corrected chi connectivity index (χ2v) is 11.2. The zero-order valence-electron chi connectivity index (χ0n) is 20.0. The number of hydrogen-bond acceptors (Lipinski definition) is 2. The van der Waals surface area contributed by atoms with Crippen LogP contribution in [0.2, 0.25) is 0 Å². The largest absolute Gasteiger partial charge is 0.393 e. The van der Waals surface area contributed by atoms with Crippen molar-refractivity contribution in [3.63, 3.8) is 0 Å². The zero-order chi connectivity index (χ0) is 22.1. The molecule has 0 aliphatic heterocycles. The number of fused-ring (bicyclic) bond motifs is 1. The molecule has 0 bridgehead atoms. The van der Waals surface area contributed by atoms with Crippen LogP contribution in [0.5, 0.6) is 0 Å². The number of aliphatic hydroxyl groups is 2. The van der Waals surface area contributed by atoms with Crippen molar-refractivity contribution in [1.82, 2.24) is 0 Å². The van der Waals surface area contributed by atoms with E-state index in [1.54, 1.807) is 5.57 Å². The average Bonchev–Trinajstić information content (AvgIpc) is 3.03. The minimum absolute atomic E-state index is 0.164. The van der Waals surface area contributed by atoms with Crippen molar-refractivity contribution < 1.29 is 10.2 Å². The third kappa shape index (κ3) is 5.02. The lowest BCUT2D eigenvalue weighted by atomic mass is 9.61. The number of allylic oxidation sites excluding steroid dienone is 5. The zero-order valence-corrected chi connectivity index (χ0v) is 20.0. The van der Waals surface area contributed by atoms with Crippen molar-refractivity contribution in [1.29, 1.82) is 0 Å². The summed E-state index contributed by atoms with van der Waals surface area (Å²) in [4.78, 5) is 0. The molecule has 30 heavy (non-hydrogen) atoms. The van der Waals surface area contributed by atoms with Gasteiger partial charge in [-0.2, -0.15) is 0 Å². The van der Waals surface area contributed by atoms with E-state index in [0.717, 1.165) is 19.3 Å². The molecule has 0 aromatic heterocycles. The molecule has 3 rings (SSSR count). The second kappa shape index (κ2) is 9.17. The molecule has 0 amide bonds. The van der Waals surface area contributed by atoms with E-state index in [-0.39, 0.29) is 12.0 Å². The molecule has 0 radical (unpaired) electrons. The van der Waals surface area contributed by atoms with Crippen LogP contribution in [0, 0.1) is 29.1 Å². The van der Waals surface area contributed by atoms with Crippen LogP contribution in [-0.2, 0) is 0 Å². The predicted octanol–water partition coefficient (Wildman–Crippen LogP) is 6.76. The fourth-order valence-electron chi connectivity index (χ4n) is 6.25. The van der Waals surface area contributed by atoms with Gasteiger partial charge in [0.1, 0.15) is 0 Å². The first-order valence-corrected chi connectivity index (χ1v) is 12.2. The molecule has 0 aromatic carbocycles. The van der Waals surface area contributed by atoms with Gasteiger partial charge in [0.05, 0.1) is 11.7 Å². The van der Waals surface area contributed by atoms with Crippen LogP contribution in [-0.4, -0.2) is 21.9 Å². The Morgan fingerprint density at radius 1 is 1.10 bits per heavy atom. The maximum absolute atomic E-state index is 10.3. The number of aliphatic hydroxyl groups excluding tert-OH is 1. The normalized spacial score (nSPS) is 37.7. The van der Waals surface area contributed by atoms with E-state index in [1.165, 1.54) is 43.3 Å². The van der Waals surface area contributed by atoms with Crippen molar-refractivity contribution in [2.45, 2.75) is 97.7 Å². The van der Waals surface area contributed by atoms with Crippen molar-refractivity contribution in [3.8, 4) is 0 Å². The van der Waals surface area contributed by atoms with Gasteiger partial charge >= 0.3 is 0 Å². The van der Waals surface area contributed by atoms with Crippen LogP contribution in [0.25, 0.3) is 0 Å². The third-order valence-corrected chi connectivity index (χ3v) is 8.68. The maximum Gasteiger partial charge on any atom is 0.0651 e. The summed E-state index contributed by atoms with van der Waals surface area (Å²) >= 11 is 0. The van der Waals surface area contributed by atoms with Gasteiger partial charge in [0, 0.05) is 5.92 Å². The molecule has 2 heteroatoms. The van der Waals surface area contributed by atoms with Crippen LogP contribution in [0.1, 0.15) is 86.0 Å². The van der Waals surface area contributed by atoms with E-state index < -0.39 is 5.60 Å². The Hall–Kier alpha value is -1.12. The molecule has 2 N–H and O–H groups in total. The highest BCUT2D eigenvalue weighted by Gasteiger charge is 2.50. The summed E-state index contributed by atoms with van der Waals surface area (Å²) in [5.41, 5.74) is 3.78. The van der Waals surface area contributed by atoms with Crippen molar-refractivity contribution in [3.05, 3.63) is 47.6 Å². The van der Waals surface area contributed by atoms with Gasteiger partial charge in [-0.15, -0.1) is 0 Å². The molecule has 168 valence electrons.